The quantitative estimate of drug-likeness (QED) is 0.883. The van der Waals surface area contributed by atoms with Crippen molar-refractivity contribution in [1.82, 2.24) is 9.97 Å². The van der Waals surface area contributed by atoms with Crippen LogP contribution >= 0.6 is 27.7 Å². The third-order valence-electron chi connectivity index (χ3n) is 1.95. The van der Waals surface area contributed by atoms with Crippen molar-refractivity contribution in [3.8, 4) is 0 Å². The summed E-state index contributed by atoms with van der Waals surface area (Å²) in [5.74, 6) is -0.940. The average Bonchev–Trinajstić information content (AvgIpc) is 2.33. The summed E-state index contributed by atoms with van der Waals surface area (Å²) < 4.78 is 0.737. The third-order valence-corrected chi connectivity index (χ3v) is 3.89. The van der Waals surface area contributed by atoms with E-state index in [-0.39, 0.29) is 5.56 Å². The van der Waals surface area contributed by atoms with Crippen molar-refractivity contribution in [2.24, 2.45) is 0 Å². The second-order valence-electron chi connectivity index (χ2n) is 3.10. The number of aromatic carboxylic acids is 1. The van der Waals surface area contributed by atoms with E-state index in [1.54, 1.807) is 30.5 Å². The molecule has 0 aliphatic carbocycles. The molecule has 17 heavy (non-hydrogen) atoms. The Hall–Kier alpha value is -1.40. The minimum atomic E-state index is -0.940. The van der Waals surface area contributed by atoms with Gasteiger partial charge in [-0.15, -0.1) is 0 Å². The summed E-state index contributed by atoms with van der Waals surface area (Å²) in [4.78, 5) is 19.6. The smallest absolute Gasteiger partial charge is 0.335 e. The van der Waals surface area contributed by atoms with E-state index in [1.807, 2.05) is 0 Å². The van der Waals surface area contributed by atoms with Crippen LogP contribution < -0.4 is 0 Å². The van der Waals surface area contributed by atoms with E-state index < -0.39 is 5.97 Å². The van der Waals surface area contributed by atoms with Crippen molar-refractivity contribution in [1.29, 1.82) is 0 Å². The number of nitrogens with zero attached hydrogens (tertiary/aromatic N) is 2. The second kappa shape index (κ2) is 5.29. The van der Waals surface area contributed by atoms with Crippen LogP contribution in [-0.4, -0.2) is 21.0 Å². The molecule has 0 spiro atoms. The van der Waals surface area contributed by atoms with Gasteiger partial charge in [0, 0.05) is 15.6 Å². The molecule has 0 saturated heterocycles. The van der Waals surface area contributed by atoms with E-state index in [0.717, 1.165) is 14.4 Å². The van der Waals surface area contributed by atoms with E-state index >= 15 is 0 Å². The highest BCUT2D eigenvalue weighted by molar-refractivity contribution is 9.10. The van der Waals surface area contributed by atoms with Crippen molar-refractivity contribution in [2.75, 3.05) is 0 Å². The molecule has 0 bridgehead atoms. The first-order valence-corrected chi connectivity index (χ1v) is 6.24. The molecule has 1 aromatic carbocycles. The first-order valence-electron chi connectivity index (χ1n) is 4.63. The SMILES string of the molecule is O=C(O)c1ccc(Sc2ccncn2)c(Br)c1. The van der Waals surface area contributed by atoms with Crippen LogP contribution in [-0.2, 0) is 0 Å². The van der Waals surface area contributed by atoms with Crippen LogP contribution in [0.4, 0.5) is 0 Å². The van der Waals surface area contributed by atoms with E-state index in [1.165, 1.54) is 18.1 Å². The Balaban J connectivity index is 2.26. The molecule has 0 atom stereocenters. The van der Waals surface area contributed by atoms with Crippen molar-refractivity contribution < 1.29 is 9.90 Å². The lowest BCUT2D eigenvalue weighted by atomic mass is 10.2. The molecule has 2 aromatic rings. The van der Waals surface area contributed by atoms with Crippen LogP contribution in [0.15, 0.2) is 51.2 Å². The van der Waals surface area contributed by atoms with Gasteiger partial charge < -0.3 is 5.11 Å². The predicted octanol–water partition coefficient (Wildman–Crippen LogP) is 3.09. The number of carboxylic acids is 1. The van der Waals surface area contributed by atoms with Gasteiger partial charge in [0.25, 0.3) is 0 Å². The van der Waals surface area contributed by atoms with E-state index in [2.05, 4.69) is 25.9 Å². The Bertz CT molecular complexity index is 548. The molecule has 1 N–H and O–H groups in total. The zero-order chi connectivity index (χ0) is 12.3. The van der Waals surface area contributed by atoms with Gasteiger partial charge in [0.1, 0.15) is 11.4 Å². The summed E-state index contributed by atoms with van der Waals surface area (Å²) in [5, 5.41) is 9.65. The largest absolute Gasteiger partial charge is 0.478 e. The summed E-state index contributed by atoms with van der Waals surface area (Å²) in [7, 11) is 0. The number of carbonyl (C=O) groups is 1. The maximum atomic E-state index is 10.8. The molecule has 0 amide bonds. The number of hydrogen-bond donors (Lipinski definition) is 1. The lowest BCUT2D eigenvalue weighted by Crippen LogP contribution is -1.95. The van der Waals surface area contributed by atoms with Crippen molar-refractivity contribution in [2.45, 2.75) is 9.92 Å². The molecule has 0 aliphatic rings. The molecule has 86 valence electrons. The molecule has 2 rings (SSSR count). The van der Waals surface area contributed by atoms with Gasteiger partial charge in [-0.1, -0.05) is 11.8 Å². The molecule has 1 heterocycles. The minimum absolute atomic E-state index is 0.254. The lowest BCUT2D eigenvalue weighted by molar-refractivity contribution is 0.0696. The summed E-state index contributed by atoms with van der Waals surface area (Å²) in [6.07, 6.45) is 3.14. The number of carboxylic acid groups (broad SMARTS) is 1. The highest BCUT2D eigenvalue weighted by Gasteiger charge is 2.08. The molecule has 6 heteroatoms. The van der Waals surface area contributed by atoms with Gasteiger partial charge in [0.15, 0.2) is 0 Å². The monoisotopic (exact) mass is 310 g/mol. The summed E-state index contributed by atoms with van der Waals surface area (Å²) in [6, 6.07) is 6.69. The van der Waals surface area contributed by atoms with E-state index in [0.29, 0.717) is 0 Å². The predicted molar refractivity (Wildman–Crippen MR) is 67.3 cm³/mol. The first-order chi connectivity index (χ1) is 8.16. The summed E-state index contributed by atoms with van der Waals surface area (Å²) in [5.41, 5.74) is 0.254. The molecule has 0 saturated carbocycles. The van der Waals surface area contributed by atoms with Crippen LogP contribution in [0.2, 0.25) is 0 Å². The molecule has 0 unspecified atom stereocenters. The molecule has 0 fully saturated rings. The Labute approximate surface area is 110 Å². The Morgan fingerprint density at radius 2 is 2.18 bits per heavy atom. The second-order valence-corrected chi connectivity index (χ2v) is 5.02. The number of hydrogen-bond acceptors (Lipinski definition) is 4. The van der Waals surface area contributed by atoms with Gasteiger partial charge in [-0.3, -0.25) is 0 Å². The van der Waals surface area contributed by atoms with E-state index in [9.17, 15) is 4.79 Å². The summed E-state index contributed by atoms with van der Waals surface area (Å²) in [6.45, 7) is 0. The van der Waals surface area contributed by atoms with Gasteiger partial charge in [0.05, 0.1) is 5.56 Å². The lowest BCUT2D eigenvalue weighted by Gasteiger charge is -2.04. The number of halogens is 1. The van der Waals surface area contributed by atoms with Gasteiger partial charge in [-0.05, 0) is 40.2 Å². The van der Waals surface area contributed by atoms with Crippen LogP contribution in [0.3, 0.4) is 0 Å². The molecule has 4 nitrogen and oxygen atoms in total. The molecular formula is C11H7BrN2O2S. The number of rotatable bonds is 3. The molecular weight excluding hydrogens is 304 g/mol. The fraction of sp³-hybridized carbons (Fsp3) is 0. The van der Waals surface area contributed by atoms with E-state index in [4.69, 9.17) is 5.11 Å². The van der Waals surface area contributed by atoms with Crippen molar-refractivity contribution in [3.05, 3.63) is 46.8 Å². The van der Waals surface area contributed by atoms with Crippen LogP contribution in [0, 0.1) is 0 Å². The maximum absolute atomic E-state index is 10.8. The zero-order valence-electron chi connectivity index (χ0n) is 8.50. The highest BCUT2D eigenvalue weighted by Crippen LogP contribution is 2.32. The van der Waals surface area contributed by atoms with Crippen molar-refractivity contribution >= 4 is 33.7 Å². The molecule has 1 aromatic heterocycles. The topological polar surface area (TPSA) is 63.1 Å². The number of benzene rings is 1. The Morgan fingerprint density at radius 3 is 2.76 bits per heavy atom. The first kappa shape index (κ1) is 12.1. The van der Waals surface area contributed by atoms with Gasteiger partial charge in [0.2, 0.25) is 0 Å². The van der Waals surface area contributed by atoms with Crippen LogP contribution in [0.1, 0.15) is 10.4 Å². The highest BCUT2D eigenvalue weighted by atomic mass is 79.9. The third kappa shape index (κ3) is 3.04. The van der Waals surface area contributed by atoms with Gasteiger partial charge in [-0.2, -0.15) is 0 Å². The fourth-order valence-electron chi connectivity index (χ4n) is 1.17. The van der Waals surface area contributed by atoms with Gasteiger partial charge in [-0.25, -0.2) is 14.8 Å². The fourth-order valence-corrected chi connectivity index (χ4v) is 2.54. The normalized spacial score (nSPS) is 10.2. The molecule has 0 radical (unpaired) electrons. The van der Waals surface area contributed by atoms with Crippen LogP contribution in [0.5, 0.6) is 0 Å². The standard InChI is InChI=1S/C11H7BrN2O2S/c12-8-5-7(11(15)16)1-2-9(8)17-10-3-4-13-6-14-10/h1-6H,(H,15,16). The minimum Gasteiger partial charge on any atom is -0.478 e. The summed E-state index contributed by atoms with van der Waals surface area (Å²) >= 11 is 4.79. The zero-order valence-corrected chi connectivity index (χ0v) is 10.9. The van der Waals surface area contributed by atoms with Crippen molar-refractivity contribution in [3.63, 3.8) is 0 Å². The van der Waals surface area contributed by atoms with Crippen LogP contribution in [0.25, 0.3) is 0 Å². The van der Waals surface area contributed by atoms with Gasteiger partial charge >= 0.3 is 5.97 Å². The molecule has 0 aliphatic heterocycles. The Kier molecular flexibility index (Phi) is 3.75. The Morgan fingerprint density at radius 1 is 1.35 bits per heavy atom. The maximum Gasteiger partial charge on any atom is 0.335 e. The average molecular weight is 311 g/mol. The number of aromatic nitrogens is 2.